The molecule has 0 bridgehead atoms. The van der Waals surface area contributed by atoms with Crippen molar-refractivity contribution in [1.82, 2.24) is 10.2 Å². The first-order valence-electron chi connectivity index (χ1n) is 7.94. The van der Waals surface area contributed by atoms with Gasteiger partial charge in [0.25, 0.3) is 0 Å². The number of piperidine rings is 1. The molecular weight excluding hydrogens is 256 g/mol. The molecule has 116 valence electrons. The molecule has 2 aliphatic heterocycles. The molecule has 2 fully saturated rings. The van der Waals surface area contributed by atoms with Crippen LogP contribution in [0.3, 0.4) is 0 Å². The summed E-state index contributed by atoms with van der Waals surface area (Å²) in [7, 11) is 0. The molecule has 2 heterocycles. The molecule has 2 unspecified atom stereocenters. The third-order valence-electron chi connectivity index (χ3n) is 4.21. The molecule has 0 spiro atoms. The van der Waals surface area contributed by atoms with E-state index in [-0.39, 0.29) is 18.1 Å². The molecule has 0 aromatic carbocycles. The van der Waals surface area contributed by atoms with Gasteiger partial charge in [0.2, 0.25) is 5.91 Å². The third-order valence-corrected chi connectivity index (χ3v) is 4.21. The van der Waals surface area contributed by atoms with Crippen LogP contribution in [0.4, 0.5) is 0 Å². The van der Waals surface area contributed by atoms with Crippen LogP contribution in [-0.2, 0) is 14.3 Å². The second-order valence-electron chi connectivity index (χ2n) is 5.82. The summed E-state index contributed by atoms with van der Waals surface area (Å²) in [6, 6.07) is 0.234. The maximum atomic E-state index is 12.3. The van der Waals surface area contributed by atoms with E-state index >= 15 is 0 Å². The van der Waals surface area contributed by atoms with Gasteiger partial charge in [-0.3, -0.25) is 4.79 Å². The molecule has 0 saturated carbocycles. The van der Waals surface area contributed by atoms with Crippen LogP contribution in [0.15, 0.2) is 0 Å². The molecular formula is C15H28N2O3. The van der Waals surface area contributed by atoms with Crippen molar-refractivity contribution in [3.8, 4) is 0 Å². The maximum Gasteiger partial charge on any atom is 0.225 e. The van der Waals surface area contributed by atoms with Crippen molar-refractivity contribution in [3.63, 3.8) is 0 Å². The molecule has 20 heavy (non-hydrogen) atoms. The summed E-state index contributed by atoms with van der Waals surface area (Å²) in [5.74, 6) is 0.209. The number of nitrogens with one attached hydrogen (secondary N) is 1. The zero-order valence-electron chi connectivity index (χ0n) is 12.8. The lowest BCUT2D eigenvalue weighted by molar-refractivity contribution is -0.146. The van der Waals surface area contributed by atoms with Crippen LogP contribution < -0.4 is 5.32 Å². The van der Waals surface area contributed by atoms with Crippen LogP contribution in [0.2, 0.25) is 0 Å². The Hall–Kier alpha value is -0.650. The van der Waals surface area contributed by atoms with Crippen LogP contribution >= 0.6 is 0 Å². The van der Waals surface area contributed by atoms with Crippen LogP contribution in [0.1, 0.15) is 39.5 Å². The predicted octanol–water partition coefficient (Wildman–Crippen LogP) is 1.17. The monoisotopic (exact) mass is 284 g/mol. The number of ether oxygens (including phenoxy) is 2. The van der Waals surface area contributed by atoms with Gasteiger partial charge >= 0.3 is 0 Å². The SMILES string of the molecule is CCC1COC(C)CN1C(=O)CCOC1CCNCC1. The summed E-state index contributed by atoms with van der Waals surface area (Å²) in [4.78, 5) is 14.3. The molecule has 0 aliphatic carbocycles. The topological polar surface area (TPSA) is 50.8 Å². The Morgan fingerprint density at radius 1 is 1.40 bits per heavy atom. The van der Waals surface area contributed by atoms with Crippen molar-refractivity contribution in [2.45, 2.75) is 57.8 Å². The number of hydrogen-bond acceptors (Lipinski definition) is 4. The first-order valence-corrected chi connectivity index (χ1v) is 7.94. The first kappa shape index (κ1) is 15.7. The maximum absolute atomic E-state index is 12.3. The zero-order chi connectivity index (χ0) is 14.4. The van der Waals surface area contributed by atoms with E-state index in [0.29, 0.717) is 32.3 Å². The fraction of sp³-hybridized carbons (Fsp3) is 0.933. The highest BCUT2D eigenvalue weighted by Crippen LogP contribution is 2.16. The molecule has 2 rings (SSSR count). The highest BCUT2D eigenvalue weighted by molar-refractivity contribution is 5.76. The van der Waals surface area contributed by atoms with Gasteiger partial charge in [-0.2, -0.15) is 0 Å². The lowest BCUT2D eigenvalue weighted by Gasteiger charge is -2.38. The van der Waals surface area contributed by atoms with Gasteiger partial charge in [0.05, 0.1) is 37.9 Å². The lowest BCUT2D eigenvalue weighted by atomic mass is 10.1. The molecule has 0 aromatic heterocycles. The number of rotatable bonds is 5. The largest absolute Gasteiger partial charge is 0.378 e. The Kier molecular flexibility index (Phi) is 6.26. The second-order valence-corrected chi connectivity index (χ2v) is 5.82. The van der Waals surface area contributed by atoms with E-state index in [1.165, 1.54) is 0 Å². The Balaban J connectivity index is 1.72. The summed E-state index contributed by atoms with van der Waals surface area (Å²) < 4.78 is 11.5. The van der Waals surface area contributed by atoms with Gasteiger partial charge in [-0.25, -0.2) is 0 Å². The highest BCUT2D eigenvalue weighted by Gasteiger charge is 2.29. The summed E-state index contributed by atoms with van der Waals surface area (Å²) in [6.07, 6.45) is 4.03. The molecule has 1 N–H and O–H groups in total. The smallest absolute Gasteiger partial charge is 0.225 e. The van der Waals surface area contributed by atoms with Crippen molar-refractivity contribution in [3.05, 3.63) is 0 Å². The van der Waals surface area contributed by atoms with E-state index in [2.05, 4.69) is 12.2 Å². The Labute approximate surface area is 122 Å². The van der Waals surface area contributed by atoms with Crippen molar-refractivity contribution < 1.29 is 14.3 Å². The Morgan fingerprint density at radius 2 is 2.15 bits per heavy atom. The molecule has 1 amide bonds. The van der Waals surface area contributed by atoms with E-state index in [9.17, 15) is 4.79 Å². The van der Waals surface area contributed by atoms with E-state index in [4.69, 9.17) is 9.47 Å². The van der Waals surface area contributed by atoms with Crippen LogP contribution in [-0.4, -0.2) is 61.9 Å². The molecule has 2 aliphatic rings. The van der Waals surface area contributed by atoms with Gasteiger partial charge in [-0.05, 0) is 39.3 Å². The predicted molar refractivity (Wildman–Crippen MR) is 77.7 cm³/mol. The second kappa shape index (κ2) is 7.96. The van der Waals surface area contributed by atoms with Crippen LogP contribution in [0, 0.1) is 0 Å². The Bertz CT molecular complexity index is 305. The lowest BCUT2D eigenvalue weighted by Crippen LogP contribution is -2.51. The van der Waals surface area contributed by atoms with Crippen molar-refractivity contribution in [2.75, 3.05) is 32.8 Å². The van der Waals surface area contributed by atoms with Crippen molar-refractivity contribution in [2.24, 2.45) is 0 Å². The minimum atomic E-state index is 0.145. The van der Waals surface area contributed by atoms with E-state index < -0.39 is 0 Å². The number of morpholine rings is 1. The molecule has 0 radical (unpaired) electrons. The minimum Gasteiger partial charge on any atom is -0.378 e. The van der Waals surface area contributed by atoms with Crippen molar-refractivity contribution in [1.29, 1.82) is 0 Å². The van der Waals surface area contributed by atoms with Crippen LogP contribution in [0.5, 0.6) is 0 Å². The van der Waals surface area contributed by atoms with Gasteiger partial charge in [-0.1, -0.05) is 6.92 Å². The number of carbonyl (C=O) groups is 1. The number of nitrogens with zero attached hydrogens (tertiary/aromatic N) is 1. The third kappa shape index (κ3) is 4.43. The number of hydrogen-bond donors (Lipinski definition) is 1. The average molecular weight is 284 g/mol. The van der Waals surface area contributed by atoms with Gasteiger partial charge in [0, 0.05) is 6.54 Å². The van der Waals surface area contributed by atoms with Gasteiger partial charge in [-0.15, -0.1) is 0 Å². The standard InChI is InChI=1S/C15H28N2O3/c1-3-13-11-20-12(2)10-17(13)15(18)6-9-19-14-4-7-16-8-5-14/h12-14,16H,3-11H2,1-2H3. The molecule has 2 saturated heterocycles. The molecule has 5 heteroatoms. The van der Waals surface area contributed by atoms with Crippen LogP contribution in [0.25, 0.3) is 0 Å². The molecule has 5 nitrogen and oxygen atoms in total. The highest BCUT2D eigenvalue weighted by atomic mass is 16.5. The summed E-state index contributed by atoms with van der Waals surface area (Å²) >= 11 is 0. The molecule has 0 aromatic rings. The minimum absolute atomic E-state index is 0.145. The van der Waals surface area contributed by atoms with E-state index in [0.717, 1.165) is 32.4 Å². The molecule has 2 atom stereocenters. The normalized spacial score (nSPS) is 28.6. The number of carbonyl (C=O) groups excluding carboxylic acids is 1. The Morgan fingerprint density at radius 3 is 2.85 bits per heavy atom. The summed E-state index contributed by atoms with van der Waals surface area (Å²) in [5, 5.41) is 3.31. The zero-order valence-corrected chi connectivity index (χ0v) is 12.8. The van der Waals surface area contributed by atoms with Gasteiger partial charge in [0.15, 0.2) is 0 Å². The summed E-state index contributed by atoms with van der Waals surface area (Å²) in [6.45, 7) is 8.11. The van der Waals surface area contributed by atoms with Gasteiger partial charge < -0.3 is 19.7 Å². The van der Waals surface area contributed by atoms with Gasteiger partial charge in [0.1, 0.15) is 0 Å². The summed E-state index contributed by atoms with van der Waals surface area (Å²) in [5.41, 5.74) is 0. The number of amides is 1. The first-order chi connectivity index (χ1) is 9.70. The van der Waals surface area contributed by atoms with E-state index in [1.54, 1.807) is 0 Å². The average Bonchev–Trinajstić information content (AvgIpc) is 2.48. The fourth-order valence-corrected chi connectivity index (χ4v) is 2.91. The fourth-order valence-electron chi connectivity index (χ4n) is 2.91. The quantitative estimate of drug-likeness (QED) is 0.823. The van der Waals surface area contributed by atoms with E-state index in [1.807, 2.05) is 11.8 Å². The van der Waals surface area contributed by atoms with Crippen molar-refractivity contribution >= 4 is 5.91 Å².